The maximum atomic E-state index is 14.4. The minimum atomic E-state index is -4.17. The van der Waals surface area contributed by atoms with Crippen molar-refractivity contribution in [1.82, 2.24) is 10.2 Å². The molecule has 0 spiro atoms. The van der Waals surface area contributed by atoms with Crippen molar-refractivity contribution in [3.8, 4) is 0 Å². The van der Waals surface area contributed by atoms with E-state index in [0.717, 1.165) is 21.9 Å². The van der Waals surface area contributed by atoms with Gasteiger partial charge < -0.3 is 10.2 Å². The summed E-state index contributed by atoms with van der Waals surface area (Å²) >= 11 is 6.03. The number of hydrogen-bond acceptors (Lipinski definition) is 4. The lowest BCUT2D eigenvalue weighted by Crippen LogP contribution is -2.54. The van der Waals surface area contributed by atoms with Gasteiger partial charge in [-0.05, 0) is 60.9 Å². The van der Waals surface area contributed by atoms with E-state index in [1.54, 1.807) is 30.3 Å². The van der Waals surface area contributed by atoms with Gasteiger partial charge in [-0.3, -0.25) is 13.9 Å². The Bertz CT molecular complexity index is 1590. The summed E-state index contributed by atoms with van der Waals surface area (Å²) < 4.78 is 29.0. The van der Waals surface area contributed by atoms with Crippen molar-refractivity contribution in [2.24, 2.45) is 0 Å². The normalized spacial score (nSPS) is 12.6. The number of nitrogens with one attached hydrogen (secondary N) is 1. The Labute approximate surface area is 259 Å². The minimum absolute atomic E-state index is 0.00138. The molecule has 2 amide bonds. The minimum Gasteiger partial charge on any atom is -0.352 e. The van der Waals surface area contributed by atoms with Crippen molar-refractivity contribution in [2.45, 2.75) is 50.2 Å². The Morgan fingerprint density at radius 1 is 0.791 bits per heavy atom. The molecule has 2 unspecified atom stereocenters. The first-order valence-corrected chi connectivity index (χ1v) is 16.0. The number of para-hydroxylation sites is 1. The Hall–Kier alpha value is -4.14. The summed E-state index contributed by atoms with van der Waals surface area (Å²) in [4.78, 5) is 29.7. The van der Waals surface area contributed by atoms with Crippen LogP contribution >= 0.6 is 11.6 Å². The Kier molecular flexibility index (Phi) is 11.0. The molecule has 4 aromatic carbocycles. The number of anilines is 1. The fourth-order valence-corrected chi connectivity index (χ4v) is 6.17. The van der Waals surface area contributed by atoms with E-state index in [4.69, 9.17) is 11.6 Å². The number of sulfonamides is 1. The molecular formula is C34H36ClN3O4S. The highest BCUT2D eigenvalue weighted by molar-refractivity contribution is 7.92. The summed E-state index contributed by atoms with van der Waals surface area (Å²) in [6.07, 6.45) is 0.981. The topological polar surface area (TPSA) is 86.8 Å². The van der Waals surface area contributed by atoms with E-state index < -0.39 is 28.5 Å². The molecule has 4 rings (SSSR count). The van der Waals surface area contributed by atoms with Gasteiger partial charge in [0.25, 0.3) is 10.0 Å². The lowest BCUT2D eigenvalue weighted by Gasteiger charge is -2.34. The second kappa shape index (κ2) is 14.8. The third-order valence-electron chi connectivity index (χ3n) is 7.19. The Balaban J connectivity index is 1.77. The van der Waals surface area contributed by atoms with Gasteiger partial charge in [-0.25, -0.2) is 8.42 Å². The maximum Gasteiger partial charge on any atom is 0.264 e. The summed E-state index contributed by atoms with van der Waals surface area (Å²) in [5.41, 5.74) is 2.03. The number of benzene rings is 4. The number of amides is 2. The fraction of sp³-hybridized carbons (Fsp3) is 0.235. The largest absolute Gasteiger partial charge is 0.352 e. The molecule has 1 N–H and O–H groups in total. The molecule has 0 saturated heterocycles. The van der Waals surface area contributed by atoms with Gasteiger partial charge in [0.05, 0.1) is 10.6 Å². The number of carbonyl (C=O) groups excluding carboxylic acids is 2. The monoisotopic (exact) mass is 617 g/mol. The lowest BCUT2D eigenvalue weighted by atomic mass is 10.0. The van der Waals surface area contributed by atoms with Crippen molar-refractivity contribution in [2.75, 3.05) is 10.8 Å². The highest BCUT2D eigenvalue weighted by atomic mass is 35.5. The molecule has 7 nitrogen and oxygen atoms in total. The average Bonchev–Trinajstić information content (AvgIpc) is 3.02. The average molecular weight is 618 g/mol. The Morgan fingerprint density at radius 3 is 1.88 bits per heavy atom. The molecule has 0 saturated carbocycles. The molecule has 0 heterocycles. The number of rotatable bonds is 13. The molecule has 0 fully saturated rings. The quantitative estimate of drug-likeness (QED) is 0.197. The second-order valence-corrected chi connectivity index (χ2v) is 12.6. The van der Waals surface area contributed by atoms with Crippen LogP contribution in [0.1, 0.15) is 31.4 Å². The van der Waals surface area contributed by atoms with Gasteiger partial charge in [0, 0.05) is 24.0 Å². The van der Waals surface area contributed by atoms with E-state index >= 15 is 0 Å². The molecule has 0 radical (unpaired) electrons. The van der Waals surface area contributed by atoms with E-state index in [0.29, 0.717) is 10.7 Å². The van der Waals surface area contributed by atoms with Gasteiger partial charge in [-0.1, -0.05) is 97.4 Å². The first-order valence-electron chi connectivity index (χ1n) is 14.2. The molecular weight excluding hydrogens is 582 g/mol. The van der Waals surface area contributed by atoms with Crippen molar-refractivity contribution < 1.29 is 18.0 Å². The van der Waals surface area contributed by atoms with E-state index in [2.05, 4.69) is 5.32 Å². The Morgan fingerprint density at radius 2 is 1.33 bits per heavy atom. The summed E-state index contributed by atoms with van der Waals surface area (Å²) in [5.74, 6) is -0.806. The summed E-state index contributed by atoms with van der Waals surface area (Å²) in [5, 5.41) is 3.44. The number of halogens is 1. The molecule has 43 heavy (non-hydrogen) atoms. The second-order valence-electron chi connectivity index (χ2n) is 10.3. The van der Waals surface area contributed by atoms with Crippen LogP contribution in [0.25, 0.3) is 0 Å². The van der Waals surface area contributed by atoms with Crippen LogP contribution in [-0.4, -0.2) is 43.8 Å². The molecule has 0 bridgehead atoms. The van der Waals surface area contributed by atoms with Crippen LogP contribution < -0.4 is 9.62 Å². The van der Waals surface area contributed by atoms with Crippen LogP contribution in [-0.2, 0) is 32.6 Å². The third kappa shape index (κ3) is 8.46. The molecule has 4 aromatic rings. The zero-order chi connectivity index (χ0) is 30.8. The van der Waals surface area contributed by atoms with Crippen LogP contribution in [0.15, 0.2) is 120 Å². The number of carbonyl (C=O) groups is 2. The maximum absolute atomic E-state index is 14.4. The van der Waals surface area contributed by atoms with Crippen LogP contribution in [0.2, 0.25) is 5.02 Å². The first-order chi connectivity index (χ1) is 20.7. The smallest absolute Gasteiger partial charge is 0.264 e. The van der Waals surface area contributed by atoms with E-state index in [-0.39, 0.29) is 29.8 Å². The molecule has 0 aliphatic rings. The van der Waals surface area contributed by atoms with E-state index in [1.165, 1.54) is 29.2 Å². The molecule has 2 atom stereocenters. The van der Waals surface area contributed by atoms with Gasteiger partial charge in [0.1, 0.15) is 12.6 Å². The predicted molar refractivity (Wildman–Crippen MR) is 171 cm³/mol. The van der Waals surface area contributed by atoms with E-state index in [1.807, 2.05) is 74.5 Å². The SMILES string of the molecule is CCC(C)NC(=O)C(Cc1ccccc1)N(Cc1ccccc1)C(=O)CN(c1ccccc1)S(=O)(=O)c1ccc(Cl)cc1. The van der Waals surface area contributed by atoms with Gasteiger partial charge >= 0.3 is 0 Å². The highest BCUT2D eigenvalue weighted by Crippen LogP contribution is 2.26. The fourth-order valence-electron chi connectivity index (χ4n) is 4.63. The van der Waals surface area contributed by atoms with Gasteiger partial charge in [-0.15, -0.1) is 0 Å². The van der Waals surface area contributed by atoms with Crippen molar-refractivity contribution in [3.63, 3.8) is 0 Å². The zero-order valence-corrected chi connectivity index (χ0v) is 25.8. The van der Waals surface area contributed by atoms with Crippen LogP contribution in [0.5, 0.6) is 0 Å². The summed E-state index contributed by atoms with van der Waals surface area (Å²) in [6.45, 7) is 3.50. The van der Waals surface area contributed by atoms with Crippen molar-refractivity contribution >= 4 is 39.1 Å². The molecule has 224 valence electrons. The van der Waals surface area contributed by atoms with Crippen molar-refractivity contribution in [3.05, 3.63) is 131 Å². The third-order valence-corrected chi connectivity index (χ3v) is 9.23. The van der Waals surface area contributed by atoms with Crippen LogP contribution in [0.3, 0.4) is 0 Å². The van der Waals surface area contributed by atoms with Gasteiger partial charge in [-0.2, -0.15) is 0 Å². The molecule has 0 aromatic heterocycles. The van der Waals surface area contributed by atoms with E-state index in [9.17, 15) is 18.0 Å². The zero-order valence-electron chi connectivity index (χ0n) is 24.3. The number of nitrogens with zero attached hydrogens (tertiary/aromatic N) is 2. The predicted octanol–water partition coefficient (Wildman–Crippen LogP) is 6.09. The first kappa shape index (κ1) is 31.8. The summed E-state index contributed by atoms with van der Waals surface area (Å²) in [7, 11) is -4.17. The van der Waals surface area contributed by atoms with Crippen LogP contribution in [0, 0.1) is 0 Å². The van der Waals surface area contributed by atoms with Crippen molar-refractivity contribution in [1.29, 1.82) is 0 Å². The standard InChI is InChI=1S/C34H36ClN3O4S/c1-3-26(2)36-34(40)32(23-27-13-7-4-8-14-27)37(24-28-15-9-5-10-16-28)33(39)25-38(30-17-11-6-12-18-30)43(41,42)31-21-19-29(35)20-22-31/h4-22,26,32H,3,23-25H2,1-2H3,(H,36,40). The van der Waals surface area contributed by atoms with Gasteiger partial charge in [0.15, 0.2) is 0 Å². The number of hydrogen-bond donors (Lipinski definition) is 1. The van der Waals surface area contributed by atoms with Gasteiger partial charge in [0.2, 0.25) is 11.8 Å². The molecule has 0 aliphatic heterocycles. The molecule has 0 aliphatic carbocycles. The summed E-state index contributed by atoms with van der Waals surface area (Å²) in [6, 6.07) is 32.2. The lowest BCUT2D eigenvalue weighted by molar-refractivity contribution is -0.140. The van der Waals surface area contributed by atoms with Crippen LogP contribution in [0.4, 0.5) is 5.69 Å². The molecule has 9 heteroatoms. The highest BCUT2D eigenvalue weighted by Gasteiger charge is 2.34.